The van der Waals surface area contributed by atoms with Crippen LogP contribution < -0.4 is 16.0 Å². The summed E-state index contributed by atoms with van der Waals surface area (Å²) in [4.78, 5) is 24.9. The molecule has 0 spiro atoms. The van der Waals surface area contributed by atoms with Gasteiger partial charge in [-0.05, 0) is 18.6 Å². The third-order valence-electron chi connectivity index (χ3n) is 2.91. The molecule has 110 valence electrons. The minimum atomic E-state index is -0.289. The monoisotopic (exact) mass is 303 g/mol. The smallest absolute Gasteiger partial charge is 0.319 e. The Morgan fingerprint density at radius 2 is 1.90 bits per heavy atom. The van der Waals surface area contributed by atoms with Crippen LogP contribution >= 0.6 is 11.3 Å². The first-order valence-corrected chi connectivity index (χ1v) is 7.33. The predicted octanol–water partition coefficient (Wildman–Crippen LogP) is 2.74. The van der Waals surface area contributed by atoms with E-state index >= 15 is 0 Å². The topological polar surface area (TPSA) is 70.2 Å². The molecule has 0 aliphatic heterocycles. The van der Waals surface area contributed by atoms with E-state index in [0.29, 0.717) is 17.1 Å². The third-order valence-corrected chi connectivity index (χ3v) is 3.96. The molecule has 6 heteroatoms. The fourth-order valence-corrected chi connectivity index (χ4v) is 2.71. The second-order valence-electron chi connectivity index (χ2n) is 4.45. The Bertz CT molecular complexity index is 638. The molecule has 0 fully saturated rings. The Kier molecular flexibility index (Phi) is 4.94. The molecular weight excluding hydrogens is 286 g/mol. The molecule has 1 aromatic carbocycles. The first-order valence-electron chi connectivity index (χ1n) is 6.51. The molecule has 2 aromatic rings. The summed E-state index contributed by atoms with van der Waals surface area (Å²) >= 11 is 1.35. The lowest BCUT2D eigenvalue weighted by atomic mass is 10.2. The van der Waals surface area contributed by atoms with Gasteiger partial charge in [0.1, 0.15) is 0 Å². The van der Waals surface area contributed by atoms with Gasteiger partial charge in [-0.3, -0.25) is 4.79 Å². The number of carbonyl (C=O) groups is 2. The van der Waals surface area contributed by atoms with Gasteiger partial charge in [0.2, 0.25) is 0 Å². The summed E-state index contributed by atoms with van der Waals surface area (Å²) in [6.07, 6.45) is 0. The van der Waals surface area contributed by atoms with Gasteiger partial charge in [0, 0.05) is 18.5 Å². The van der Waals surface area contributed by atoms with Crippen LogP contribution in [0, 0.1) is 6.92 Å². The lowest BCUT2D eigenvalue weighted by Gasteiger charge is -2.07. The Balaban J connectivity index is 1.93. The lowest BCUT2D eigenvalue weighted by Crippen LogP contribution is -2.28. The Labute approximate surface area is 127 Å². The van der Waals surface area contributed by atoms with Crippen LogP contribution in [0.3, 0.4) is 0 Å². The van der Waals surface area contributed by atoms with E-state index < -0.39 is 0 Å². The molecule has 3 N–H and O–H groups in total. The van der Waals surface area contributed by atoms with Crippen molar-refractivity contribution in [2.45, 2.75) is 13.5 Å². The summed E-state index contributed by atoms with van der Waals surface area (Å²) in [5.41, 5.74) is 1.69. The van der Waals surface area contributed by atoms with Gasteiger partial charge in [-0.15, -0.1) is 11.3 Å². The maximum absolute atomic E-state index is 11.9. The molecule has 3 amide bonds. The van der Waals surface area contributed by atoms with Crippen LogP contribution in [0.4, 0.5) is 10.5 Å². The number of hydrogen-bond acceptors (Lipinski definition) is 3. The molecule has 0 aliphatic carbocycles. The average molecular weight is 303 g/mol. The van der Waals surface area contributed by atoms with Crippen molar-refractivity contribution in [3.05, 3.63) is 51.7 Å². The molecule has 5 nitrogen and oxygen atoms in total. The summed E-state index contributed by atoms with van der Waals surface area (Å²) < 4.78 is 0. The molecule has 21 heavy (non-hydrogen) atoms. The van der Waals surface area contributed by atoms with E-state index in [1.807, 2.05) is 37.3 Å². The molecular formula is C15H17N3O2S. The van der Waals surface area contributed by atoms with Crippen molar-refractivity contribution < 1.29 is 9.59 Å². The Hall–Kier alpha value is -2.34. The number of carbonyl (C=O) groups excluding carboxylic acids is 2. The first kappa shape index (κ1) is 15.1. The van der Waals surface area contributed by atoms with Gasteiger partial charge in [0.05, 0.1) is 10.6 Å². The van der Waals surface area contributed by atoms with Gasteiger partial charge in [-0.25, -0.2) is 4.79 Å². The minimum absolute atomic E-state index is 0.152. The number of benzene rings is 1. The molecule has 0 atom stereocenters. The fourth-order valence-electron chi connectivity index (χ4n) is 1.79. The van der Waals surface area contributed by atoms with Crippen molar-refractivity contribution in [2.75, 3.05) is 12.4 Å². The third kappa shape index (κ3) is 4.06. The minimum Gasteiger partial charge on any atom is -0.354 e. The first-order chi connectivity index (χ1) is 10.1. The van der Waals surface area contributed by atoms with E-state index in [0.717, 1.165) is 10.4 Å². The molecule has 1 heterocycles. The highest BCUT2D eigenvalue weighted by atomic mass is 32.1. The van der Waals surface area contributed by atoms with Gasteiger partial charge in [-0.2, -0.15) is 0 Å². The van der Waals surface area contributed by atoms with Gasteiger partial charge in [-0.1, -0.05) is 30.3 Å². The van der Waals surface area contributed by atoms with Crippen molar-refractivity contribution in [1.29, 1.82) is 0 Å². The van der Waals surface area contributed by atoms with Crippen molar-refractivity contribution in [3.63, 3.8) is 0 Å². The van der Waals surface area contributed by atoms with E-state index in [9.17, 15) is 9.59 Å². The van der Waals surface area contributed by atoms with Crippen molar-refractivity contribution in [1.82, 2.24) is 10.6 Å². The van der Waals surface area contributed by atoms with E-state index in [1.54, 1.807) is 13.1 Å². The summed E-state index contributed by atoms with van der Waals surface area (Å²) in [6, 6.07) is 11.1. The zero-order valence-electron chi connectivity index (χ0n) is 11.9. The van der Waals surface area contributed by atoms with E-state index in [-0.39, 0.29) is 11.9 Å². The summed E-state index contributed by atoms with van der Waals surface area (Å²) in [5, 5.41) is 8.11. The number of thiophene rings is 1. The standard InChI is InChI=1S/C15H17N3O2S/c1-10-12(8-13(21-10)14(19)16-2)18-15(20)17-9-11-6-4-3-5-7-11/h3-8H,9H2,1-2H3,(H,16,19)(H2,17,18,20). The molecule has 2 rings (SSSR count). The maximum atomic E-state index is 11.9. The van der Waals surface area contributed by atoms with Crippen LogP contribution in [0.15, 0.2) is 36.4 Å². The van der Waals surface area contributed by atoms with Crippen molar-refractivity contribution in [2.24, 2.45) is 0 Å². The highest BCUT2D eigenvalue weighted by molar-refractivity contribution is 7.14. The zero-order chi connectivity index (χ0) is 15.2. The van der Waals surface area contributed by atoms with Crippen LogP contribution in [0.5, 0.6) is 0 Å². The average Bonchev–Trinajstić information content (AvgIpc) is 2.86. The summed E-state index contributed by atoms with van der Waals surface area (Å²) in [6.45, 7) is 2.32. The molecule has 0 unspecified atom stereocenters. The van der Waals surface area contributed by atoms with Gasteiger partial charge < -0.3 is 16.0 Å². The highest BCUT2D eigenvalue weighted by Gasteiger charge is 2.12. The number of anilines is 1. The number of amides is 3. The van der Waals surface area contributed by atoms with Crippen LogP contribution in [-0.4, -0.2) is 19.0 Å². The summed E-state index contributed by atoms with van der Waals surface area (Å²) in [5.74, 6) is -0.152. The fraction of sp³-hybridized carbons (Fsp3) is 0.200. The number of hydrogen-bond donors (Lipinski definition) is 3. The molecule has 0 aliphatic rings. The van der Waals surface area contributed by atoms with E-state index in [4.69, 9.17) is 0 Å². The summed E-state index contributed by atoms with van der Waals surface area (Å²) in [7, 11) is 1.58. The Morgan fingerprint density at radius 1 is 1.19 bits per heavy atom. The van der Waals surface area contributed by atoms with Gasteiger partial charge in [0.25, 0.3) is 5.91 Å². The van der Waals surface area contributed by atoms with Crippen LogP contribution in [-0.2, 0) is 6.54 Å². The van der Waals surface area contributed by atoms with Crippen LogP contribution in [0.25, 0.3) is 0 Å². The molecule has 1 aromatic heterocycles. The van der Waals surface area contributed by atoms with Gasteiger partial charge >= 0.3 is 6.03 Å². The zero-order valence-corrected chi connectivity index (χ0v) is 12.7. The van der Waals surface area contributed by atoms with E-state index in [2.05, 4.69) is 16.0 Å². The molecule has 0 radical (unpaired) electrons. The Morgan fingerprint density at radius 3 is 2.57 bits per heavy atom. The predicted molar refractivity (Wildman–Crippen MR) is 84.7 cm³/mol. The van der Waals surface area contributed by atoms with Crippen LogP contribution in [0.2, 0.25) is 0 Å². The molecule has 0 saturated heterocycles. The SMILES string of the molecule is CNC(=O)c1cc(NC(=O)NCc2ccccc2)c(C)s1. The number of urea groups is 1. The van der Waals surface area contributed by atoms with Crippen molar-refractivity contribution >= 4 is 29.0 Å². The van der Waals surface area contributed by atoms with E-state index in [1.165, 1.54) is 11.3 Å². The van der Waals surface area contributed by atoms with Crippen LogP contribution in [0.1, 0.15) is 20.1 Å². The highest BCUT2D eigenvalue weighted by Crippen LogP contribution is 2.26. The number of aryl methyl sites for hydroxylation is 1. The van der Waals surface area contributed by atoms with Gasteiger partial charge in [0.15, 0.2) is 0 Å². The second-order valence-corrected chi connectivity index (χ2v) is 5.71. The normalized spacial score (nSPS) is 10.0. The van der Waals surface area contributed by atoms with Crippen molar-refractivity contribution in [3.8, 4) is 0 Å². The molecule has 0 bridgehead atoms. The number of rotatable bonds is 4. The maximum Gasteiger partial charge on any atom is 0.319 e. The largest absolute Gasteiger partial charge is 0.354 e. The lowest BCUT2D eigenvalue weighted by molar-refractivity contribution is 0.0967. The quantitative estimate of drug-likeness (QED) is 0.813. The molecule has 0 saturated carbocycles. The number of nitrogens with one attached hydrogen (secondary N) is 3. The second kappa shape index (κ2) is 6.90.